The van der Waals surface area contributed by atoms with Crippen molar-refractivity contribution in [3.8, 4) is 0 Å². The number of rotatable bonds is 3. The first-order valence-electron chi connectivity index (χ1n) is 6.75. The Balaban J connectivity index is 2.23. The van der Waals surface area contributed by atoms with Crippen molar-refractivity contribution in [3.63, 3.8) is 0 Å². The summed E-state index contributed by atoms with van der Waals surface area (Å²) < 4.78 is 0. The number of para-hydroxylation sites is 1. The van der Waals surface area contributed by atoms with Crippen molar-refractivity contribution >= 4 is 17.6 Å². The average Bonchev–Trinajstić information content (AvgIpc) is 2.46. The summed E-state index contributed by atoms with van der Waals surface area (Å²) in [5.41, 5.74) is -1.72. The molecule has 0 bridgehead atoms. The minimum Gasteiger partial charge on any atom is -0.479 e. The second kappa shape index (κ2) is 5.72. The molecule has 1 heterocycles. The second-order valence-electron chi connectivity index (χ2n) is 5.36. The number of nitro groups is 1. The first-order chi connectivity index (χ1) is 10.3. The first kappa shape index (κ1) is 15.9. The summed E-state index contributed by atoms with van der Waals surface area (Å²) in [6.45, 7) is 1.62. The molecule has 0 aliphatic carbocycles. The molecule has 118 valence electrons. The number of amides is 1. The molecule has 1 amide bonds. The van der Waals surface area contributed by atoms with Crippen LogP contribution in [0.25, 0.3) is 0 Å². The van der Waals surface area contributed by atoms with Crippen molar-refractivity contribution in [2.24, 2.45) is 0 Å². The normalized spacial score (nSPS) is 17.1. The van der Waals surface area contributed by atoms with Crippen LogP contribution in [-0.2, 0) is 4.79 Å². The van der Waals surface area contributed by atoms with E-state index in [2.05, 4.69) is 0 Å². The molecule has 0 spiro atoms. The van der Waals surface area contributed by atoms with Crippen LogP contribution in [0.4, 0.5) is 5.69 Å². The highest BCUT2D eigenvalue weighted by Gasteiger charge is 2.41. The molecule has 0 aromatic heterocycles. The molecular formula is C14H16N2O6. The summed E-state index contributed by atoms with van der Waals surface area (Å²) in [6.07, 6.45) is -0.207. The highest BCUT2D eigenvalue weighted by Crippen LogP contribution is 2.28. The monoisotopic (exact) mass is 308 g/mol. The molecule has 1 aromatic carbocycles. The molecule has 2 N–H and O–H groups in total. The summed E-state index contributed by atoms with van der Waals surface area (Å²) in [4.78, 5) is 35.3. The van der Waals surface area contributed by atoms with Crippen molar-refractivity contribution in [2.45, 2.75) is 25.4 Å². The number of hydrogen-bond acceptors (Lipinski definition) is 5. The number of nitrogens with zero attached hydrogens (tertiary/aromatic N) is 2. The molecular weight excluding hydrogens is 292 g/mol. The number of nitro benzene ring substituents is 1. The Labute approximate surface area is 126 Å². The third kappa shape index (κ3) is 2.77. The lowest BCUT2D eigenvalue weighted by molar-refractivity contribution is -0.385. The summed E-state index contributed by atoms with van der Waals surface area (Å²) in [5, 5.41) is 29.9. The number of piperidine rings is 1. The lowest BCUT2D eigenvalue weighted by Gasteiger charge is -2.35. The molecule has 1 aromatic rings. The van der Waals surface area contributed by atoms with Gasteiger partial charge in [0.25, 0.3) is 11.6 Å². The van der Waals surface area contributed by atoms with Crippen molar-refractivity contribution < 1.29 is 24.7 Å². The van der Waals surface area contributed by atoms with Crippen LogP contribution in [0.5, 0.6) is 0 Å². The topological polar surface area (TPSA) is 121 Å². The van der Waals surface area contributed by atoms with E-state index in [0.717, 1.165) is 0 Å². The summed E-state index contributed by atoms with van der Waals surface area (Å²) >= 11 is 0. The molecule has 22 heavy (non-hydrogen) atoms. The highest BCUT2D eigenvalue weighted by molar-refractivity contribution is 5.98. The predicted octanol–water partition coefficient (Wildman–Crippen LogP) is 0.955. The molecule has 1 saturated heterocycles. The number of benzene rings is 1. The maximum Gasteiger partial charge on any atom is 0.335 e. The van der Waals surface area contributed by atoms with Gasteiger partial charge in [0.1, 0.15) is 5.56 Å². The molecule has 0 unspecified atom stereocenters. The van der Waals surface area contributed by atoms with Gasteiger partial charge in [-0.15, -0.1) is 0 Å². The number of hydrogen-bond donors (Lipinski definition) is 2. The number of aliphatic carboxylic acids is 1. The summed E-state index contributed by atoms with van der Waals surface area (Å²) in [6, 6.07) is 4.49. The third-order valence-corrected chi connectivity index (χ3v) is 3.93. The van der Waals surface area contributed by atoms with E-state index in [1.165, 1.54) is 11.0 Å². The van der Waals surface area contributed by atoms with Crippen molar-refractivity contribution in [3.05, 3.63) is 39.4 Å². The minimum atomic E-state index is -1.84. The molecule has 8 heteroatoms. The maximum absolute atomic E-state index is 12.5. The van der Waals surface area contributed by atoms with Crippen LogP contribution in [0.15, 0.2) is 18.2 Å². The van der Waals surface area contributed by atoms with Crippen LogP contribution in [0.1, 0.15) is 28.8 Å². The first-order valence-corrected chi connectivity index (χ1v) is 6.75. The van der Waals surface area contributed by atoms with Gasteiger partial charge in [-0.1, -0.05) is 12.1 Å². The van der Waals surface area contributed by atoms with Crippen LogP contribution in [0.3, 0.4) is 0 Å². The van der Waals surface area contributed by atoms with Crippen LogP contribution >= 0.6 is 0 Å². The third-order valence-electron chi connectivity index (χ3n) is 3.93. The van der Waals surface area contributed by atoms with E-state index in [0.29, 0.717) is 5.56 Å². The Kier molecular flexibility index (Phi) is 4.14. The van der Waals surface area contributed by atoms with Gasteiger partial charge >= 0.3 is 5.97 Å². The van der Waals surface area contributed by atoms with Gasteiger partial charge in [0.05, 0.1) is 4.92 Å². The lowest BCUT2D eigenvalue weighted by Crippen LogP contribution is -2.50. The quantitative estimate of drug-likeness (QED) is 0.633. The molecule has 2 rings (SSSR count). The molecule has 0 saturated carbocycles. The highest BCUT2D eigenvalue weighted by atomic mass is 16.6. The van der Waals surface area contributed by atoms with Gasteiger partial charge < -0.3 is 15.1 Å². The number of carboxylic acids is 1. The number of aliphatic hydroxyl groups is 1. The molecule has 0 atom stereocenters. The van der Waals surface area contributed by atoms with Crippen LogP contribution < -0.4 is 0 Å². The van der Waals surface area contributed by atoms with E-state index in [9.17, 15) is 24.8 Å². The summed E-state index contributed by atoms with van der Waals surface area (Å²) in [7, 11) is 0. The lowest BCUT2D eigenvalue weighted by atomic mass is 9.91. The van der Waals surface area contributed by atoms with E-state index in [-0.39, 0.29) is 37.2 Å². The standard InChI is InChI=1S/C14H16N2O6/c1-9-3-2-4-10(11(9)16(21)22)12(17)15-7-5-14(20,6-8-15)13(18)19/h2-4,20H,5-8H2,1H3,(H,18,19). The smallest absolute Gasteiger partial charge is 0.335 e. The zero-order chi connectivity index (χ0) is 16.5. The number of likely N-dealkylation sites (tertiary alicyclic amines) is 1. The second-order valence-corrected chi connectivity index (χ2v) is 5.36. The van der Waals surface area contributed by atoms with Gasteiger partial charge in [-0.3, -0.25) is 14.9 Å². The zero-order valence-corrected chi connectivity index (χ0v) is 12.0. The molecule has 1 aliphatic heterocycles. The van der Waals surface area contributed by atoms with Crippen LogP contribution in [0.2, 0.25) is 0 Å². The van der Waals surface area contributed by atoms with E-state index in [4.69, 9.17) is 5.11 Å². The molecule has 0 radical (unpaired) electrons. The van der Waals surface area contributed by atoms with Gasteiger partial charge in [0.2, 0.25) is 0 Å². The fourth-order valence-electron chi connectivity index (χ4n) is 2.54. The Morgan fingerprint density at radius 3 is 2.41 bits per heavy atom. The van der Waals surface area contributed by atoms with E-state index in [1.54, 1.807) is 19.1 Å². The zero-order valence-electron chi connectivity index (χ0n) is 12.0. The van der Waals surface area contributed by atoms with E-state index >= 15 is 0 Å². The van der Waals surface area contributed by atoms with Crippen LogP contribution in [0, 0.1) is 17.0 Å². The van der Waals surface area contributed by atoms with Gasteiger partial charge in [-0.2, -0.15) is 0 Å². The number of carbonyl (C=O) groups is 2. The molecule has 1 fully saturated rings. The van der Waals surface area contributed by atoms with Gasteiger partial charge in [-0.05, 0) is 13.0 Å². The van der Waals surface area contributed by atoms with Crippen molar-refractivity contribution in [2.75, 3.05) is 13.1 Å². The molecule has 8 nitrogen and oxygen atoms in total. The Hall–Kier alpha value is -2.48. The van der Waals surface area contributed by atoms with E-state index in [1.807, 2.05) is 0 Å². The Bertz CT molecular complexity index is 634. The fourth-order valence-corrected chi connectivity index (χ4v) is 2.54. The van der Waals surface area contributed by atoms with Crippen LogP contribution in [-0.4, -0.2) is 50.6 Å². The average molecular weight is 308 g/mol. The van der Waals surface area contributed by atoms with Gasteiger partial charge in [-0.25, -0.2) is 4.79 Å². The van der Waals surface area contributed by atoms with Crippen molar-refractivity contribution in [1.82, 2.24) is 4.90 Å². The van der Waals surface area contributed by atoms with E-state index < -0.39 is 22.4 Å². The Morgan fingerprint density at radius 2 is 1.91 bits per heavy atom. The summed E-state index contributed by atoms with van der Waals surface area (Å²) in [5.74, 6) is -1.84. The number of aryl methyl sites for hydroxylation is 1. The SMILES string of the molecule is Cc1cccc(C(=O)N2CCC(O)(C(=O)O)CC2)c1[N+](=O)[O-]. The van der Waals surface area contributed by atoms with Gasteiger partial charge in [0, 0.05) is 31.5 Å². The molecule has 1 aliphatic rings. The minimum absolute atomic E-state index is 0.0224. The predicted molar refractivity (Wildman–Crippen MR) is 75.6 cm³/mol. The van der Waals surface area contributed by atoms with Crippen molar-refractivity contribution in [1.29, 1.82) is 0 Å². The Morgan fingerprint density at radius 1 is 1.32 bits per heavy atom. The maximum atomic E-state index is 12.5. The fraction of sp³-hybridized carbons (Fsp3) is 0.429. The largest absolute Gasteiger partial charge is 0.479 e. The number of carboxylic acid groups (broad SMARTS) is 1. The van der Waals surface area contributed by atoms with Gasteiger partial charge in [0.15, 0.2) is 5.60 Å². The number of carbonyl (C=O) groups excluding carboxylic acids is 1.